The van der Waals surface area contributed by atoms with Crippen molar-refractivity contribution in [3.05, 3.63) is 46.1 Å². The number of hydrogen-bond donors (Lipinski definition) is 2. The Morgan fingerprint density at radius 1 is 1.41 bits per heavy atom. The van der Waals surface area contributed by atoms with E-state index in [2.05, 4.69) is 9.97 Å². The van der Waals surface area contributed by atoms with Crippen molar-refractivity contribution in [2.75, 3.05) is 5.73 Å². The van der Waals surface area contributed by atoms with E-state index in [1.165, 1.54) is 0 Å². The second kappa shape index (κ2) is 4.41. The van der Waals surface area contributed by atoms with Crippen LogP contribution in [-0.4, -0.2) is 9.97 Å². The second-order valence-corrected chi connectivity index (χ2v) is 3.99. The summed E-state index contributed by atoms with van der Waals surface area (Å²) < 4.78 is 0. The number of nitrogens with one attached hydrogen (secondary N) is 1. The number of aromatic amines is 1. The Morgan fingerprint density at radius 3 is 2.82 bits per heavy atom. The van der Waals surface area contributed by atoms with E-state index in [1.807, 2.05) is 26.0 Å². The summed E-state index contributed by atoms with van der Waals surface area (Å²) in [6.07, 6.45) is 2.51. The number of pyridine rings is 2. The molecule has 0 atom stereocenters. The molecule has 0 aliphatic rings. The first-order valence-electron chi connectivity index (χ1n) is 5.56. The van der Waals surface area contributed by atoms with Crippen LogP contribution in [0.2, 0.25) is 0 Å². The van der Waals surface area contributed by atoms with E-state index >= 15 is 0 Å². The van der Waals surface area contributed by atoms with E-state index in [4.69, 9.17) is 5.73 Å². The number of nitrogens with zero attached hydrogens (tertiary/aromatic N) is 1. The molecule has 0 aliphatic carbocycles. The summed E-state index contributed by atoms with van der Waals surface area (Å²) in [5, 5.41) is 0. The Balaban J connectivity index is 2.66. The summed E-state index contributed by atoms with van der Waals surface area (Å²) in [4.78, 5) is 18.4. The number of nitrogens with two attached hydrogens (primary N) is 1. The maximum Gasteiger partial charge on any atom is 0.271 e. The molecule has 88 valence electrons. The third-order valence-corrected chi connectivity index (χ3v) is 2.71. The van der Waals surface area contributed by atoms with E-state index < -0.39 is 0 Å². The largest absolute Gasteiger partial charge is 0.394 e. The summed E-state index contributed by atoms with van der Waals surface area (Å²) >= 11 is 0. The molecule has 0 aromatic carbocycles. The lowest BCUT2D eigenvalue weighted by Gasteiger charge is -2.09. The highest BCUT2D eigenvalue weighted by atomic mass is 16.1. The third-order valence-electron chi connectivity index (χ3n) is 2.71. The van der Waals surface area contributed by atoms with Crippen LogP contribution in [0.4, 0.5) is 5.69 Å². The number of anilines is 1. The summed E-state index contributed by atoms with van der Waals surface area (Å²) in [6.45, 7) is 3.93. The maximum atomic E-state index is 11.5. The smallest absolute Gasteiger partial charge is 0.271 e. The van der Waals surface area contributed by atoms with Crippen molar-refractivity contribution in [1.82, 2.24) is 9.97 Å². The van der Waals surface area contributed by atoms with Gasteiger partial charge < -0.3 is 10.7 Å². The van der Waals surface area contributed by atoms with Gasteiger partial charge >= 0.3 is 0 Å². The average Bonchev–Trinajstić information content (AvgIpc) is 2.32. The van der Waals surface area contributed by atoms with Gasteiger partial charge in [0.25, 0.3) is 5.56 Å². The second-order valence-electron chi connectivity index (χ2n) is 3.99. The highest BCUT2D eigenvalue weighted by molar-refractivity contribution is 5.69. The van der Waals surface area contributed by atoms with Crippen LogP contribution in [0.5, 0.6) is 0 Å². The predicted octanol–water partition coefficient (Wildman–Crippen LogP) is 1.89. The molecule has 0 saturated heterocycles. The molecule has 17 heavy (non-hydrogen) atoms. The molecule has 0 unspecified atom stereocenters. The van der Waals surface area contributed by atoms with E-state index in [1.54, 1.807) is 12.3 Å². The SMILES string of the molecule is CCc1[nH]c(=O)c(N)cc1-c1ccnc(C)c1. The minimum atomic E-state index is -0.226. The molecule has 3 N–H and O–H groups in total. The molecular formula is C13H15N3O. The lowest BCUT2D eigenvalue weighted by molar-refractivity contribution is 1.02. The minimum absolute atomic E-state index is 0.226. The fourth-order valence-electron chi connectivity index (χ4n) is 1.83. The van der Waals surface area contributed by atoms with E-state index in [-0.39, 0.29) is 11.2 Å². The Labute approximate surface area is 99.5 Å². The molecular weight excluding hydrogens is 214 g/mol. The van der Waals surface area contributed by atoms with Gasteiger partial charge in [0.1, 0.15) is 0 Å². The van der Waals surface area contributed by atoms with Crippen LogP contribution >= 0.6 is 0 Å². The number of nitrogen functional groups attached to an aromatic ring is 1. The number of hydrogen-bond acceptors (Lipinski definition) is 3. The molecule has 0 spiro atoms. The van der Waals surface area contributed by atoms with Gasteiger partial charge in [0.2, 0.25) is 0 Å². The molecule has 2 rings (SSSR count). The lowest BCUT2D eigenvalue weighted by atomic mass is 10.0. The normalized spacial score (nSPS) is 10.5. The van der Waals surface area contributed by atoms with Crippen LogP contribution in [0, 0.1) is 6.92 Å². The maximum absolute atomic E-state index is 11.5. The van der Waals surface area contributed by atoms with Gasteiger partial charge in [0.15, 0.2) is 0 Å². The molecule has 0 aliphatic heterocycles. The zero-order valence-electron chi connectivity index (χ0n) is 9.95. The van der Waals surface area contributed by atoms with Crippen LogP contribution in [-0.2, 0) is 6.42 Å². The molecule has 2 heterocycles. The number of aryl methyl sites for hydroxylation is 2. The molecule has 0 saturated carbocycles. The highest BCUT2D eigenvalue weighted by Crippen LogP contribution is 2.23. The number of rotatable bonds is 2. The summed E-state index contributed by atoms with van der Waals surface area (Å²) in [5.41, 5.74) is 9.51. The average molecular weight is 229 g/mol. The summed E-state index contributed by atoms with van der Waals surface area (Å²) in [7, 11) is 0. The van der Waals surface area contributed by atoms with Gasteiger partial charge in [-0.2, -0.15) is 0 Å². The van der Waals surface area contributed by atoms with E-state index in [0.717, 1.165) is 28.9 Å². The van der Waals surface area contributed by atoms with E-state index in [9.17, 15) is 4.79 Å². The number of H-pyrrole nitrogens is 1. The molecule has 2 aromatic rings. The monoisotopic (exact) mass is 229 g/mol. The molecule has 0 radical (unpaired) electrons. The van der Waals surface area contributed by atoms with Crippen LogP contribution in [0.3, 0.4) is 0 Å². The van der Waals surface area contributed by atoms with Crippen LogP contribution in [0.25, 0.3) is 11.1 Å². The number of aromatic nitrogens is 2. The fraction of sp³-hybridized carbons (Fsp3) is 0.231. The van der Waals surface area contributed by atoms with E-state index in [0.29, 0.717) is 0 Å². The lowest BCUT2D eigenvalue weighted by Crippen LogP contribution is -2.14. The molecule has 4 heteroatoms. The Morgan fingerprint density at radius 2 is 2.18 bits per heavy atom. The van der Waals surface area contributed by atoms with Crippen molar-refractivity contribution < 1.29 is 0 Å². The zero-order chi connectivity index (χ0) is 12.4. The van der Waals surface area contributed by atoms with Gasteiger partial charge in [0.05, 0.1) is 5.69 Å². The molecule has 0 amide bonds. The van der Waals surface area contributed by atoms with Gasteiger partial charge in [-0.1, -0.05) is 6.92 Å². The molecule has 0 bridgehead atoms. The predicted molar refractivity (Wildman–Crippen MR) is 68.8 cm³/mol. The van der Waals surface area contributed by atoms with Crippen molar-refractivity contribution in [2.45, 2.75) is 20.3 Å². The van der Waals surface area contributed by atoms with Crippen molar-refractivity contribution in [3.63, 3.8) is 0 Å². The molecule has 2 aromatic heterocycles. The quantitative estimate of drug-likeness (QED) is 0.826. The first kappa shape index (κ1) is 11.4. The zero-order valence-corrected chi connectivity index (χ0v) is 9.95. The Kier molecular flexibility index (Phi) is 2.95. The van der Waals surface area contributed by atoms with Gasteiger partial charge in [-0.3, -0.25) is 9.78 Å². The fourth-order valence-corrected chi connectivity index (χ4v) is 1.83. The van der Waals surface area contributed by atoms with Gasteiger partial charge in [-0.25, -0.2) is 0 Å². The van der Waals surface area contributed by atoms with Crippen LogP contribution < -0.4 is 11.3 Å². The topological polar surface area (TPSA) is 71.8 Å². The van der Waals surface area contributed by atoms with Crippen molar-refractivity contribution in [3.8, 4) is 11.1 Å². The molecule has 4 nitrogen and oxygen atoms in total. The van der Waals surface area contributed by atoms with Crippen molar-refractivity contribution in [1.29, 1.82) is 0 Å². The van der Waals surface area contributed by atoms with Crippen molar-refractivity contribution >= 4 is 5.69 Å². The Bertz CT molecular complexity index is 602. The van der Waals surface area contributed by atoms with Crippen LogP contribution in [0.1, 0.15) is 18.3 Å². The van der Waals surface area contributed by atoms with Crippen molar-refractivity contribution in [2.24, 2.45) is 0 Å². The first-order chi connectivity index (χ1) is 8.11. The third kappa shape index (κ3) is 2.20. The molecule has 0 fully saturated rings. The minimum Gasteiger partial charge on any atom is -0.394 e. The van der Waals surface area contributed by atoms with Crippen LogP contribution in [0.15, 0.2) is 29.2 Å². The standard InChI is InChI=1S/C13H15N3O/c1-3-12-10(7-11(14)13(17)16-12)9-4-5-15-8(2)6-9/h4-7H,3,14H2,1-2H3,(H,16,17). The Hall–Kier alpha value is -2.10. The van der Waals surface area contributed by atoms with Gasteiger partial charge in [-0.05, 0) is 37.1 Å². The van der Waals surface area contributed by atoms with Gasteiger partial charge in [-0.15, -0.1) is 0 Å². The van der Waals surface area contributed by atoms with Gasteiger partial charge in [0, 0.05) is 23.1 Å². The highest BCUT2D eigenvalue weighted by Gasteiger charge is 2.07. The first-order valence-corrected chi connectivity index (χ1v) is 5.56. The summed E-state index contributed by atoms with van der Waals surface area (Å²) in [6, 6.07) is 5.62. The summed E-state index contributed by atoms with van der Waals surface area (Å²) in [5.74, 6) is 0.